The zero-order valence-electron chi connectivity index (χ0n) is 15.5. The van der Waals surface area contributed by atoms with Gasteiger partial charge in [0, 0.05) is 13.1 Å². The van der Waals surface area contributed by atoms with Gasteiger partial charge in [0.25, 0.3) is 0 Å². The standard InChI is InChI=1S/C16H33NO.BF4.H3N/c1-2-3-4-5-6-7-8-9-10-11-12-16-15-17-13-14-18-16;2-1(3,4)5;/h16-17H,2-15H2,1H3;;1H3/q;-1;/p+1. The zero-order chi connectivity index (χ0) is 17.4. The lowest BCUT2D eigenvalue weighted by Gasteiger charge is -2.23. The minimum absolute atomic E-state index is 0. The molecule has 0 aliphatic carbocycles. The summed E-state index contributed by atoms with van der Waals surface area (Å²) in [5.41, 5.74) is 0. The molecule has 1 aliphatic heterocycles. The van der Waals surface area contributed by atoms with Crippen molar-refractivity contribution in [2.45, 2.75) is 83.7 Å². The molecule has 1 saturated heterocycles. The molecule has 1 aliphatic rings. The first-order valence-electron chi connectivity index (χ1n) is 9.13. The van der Waals surface area contributed by atoms with E-state index >= 15 is 0 Å². The SMILES string of the molecule is CCCCCCCCCCCCC1CNCCO1.F[B-](F)(F)F.[NH4+]. The number of hydrogen-bond acceptors (Lipinski definition) is 2. The van der Waals surface area contributed by atoms with E-state index in [-0.39, 0.29) is 6.15 Å². The number of unbranched alkanes of at least 4 members (excludes halogenated alkanes) is 9. The molecule has 1 rings (SSSR count). The molecule has 148 valence electrons. The first-order valence-corrected chi connectivity index (χ1v) is 9.13. The smallest absolute Gasteiger partial charge is 0.418 e. The van der Waals surface area contributed by atoms with E-state index in [2.05, 4.69) is 12.2 Å². The molecule has 0 aromatic rings. The van der Waals surface area contributed by atoms with Crippen LogP contribution in [0.1, 0.15) is 77.6 Å². The third kappa shape index (κ3) is 23.9. The Morgan fingerprint density at radius 1 is 0.875 bits per heavy atom. The van der Waals surface area contributed by atoms with E-state index in [9.17, 15) is 17.3 Å². The molecule has 24 heavy (non-hydrogen) atoms. The molecule has 3 nitrogen and oxygen atoms in total. The van der Waals surface area contributed by atoms with E-state index in [4.69, 9.17) is 4.74 Å². The van der Waals surface area contributed by atoms with Crippen molar-refractivity contribution in [3.63, 3.8) is 0 Å². The molecule has 0 spiro atoms. The average Bonchev–Trinajstić information content (AvgIpc) is 2.48. The Bertz CT molecular complexity index is 247. The quantitative estimate of drug-likeness (QED) is 0.271. The first-order chi connectivity index (χ1) is 10.9. The van der Waals surface area contributed by atoms with E-state index in [0.717, 1.165) is 19.7 Å². The predicted molar refractivity (Wildman–Crippen MR) is 95.2 cm³/mol. The van der Waals surface area contributed by atoms with Gasteiger partial charge in [-0.2, -0.15) is 0 Å². The summed E-state index contributed by atoms with van der Waals surface area (Å²) in [6, 6.07) is 0. The molecule has 1 fully saturated rings. The third-order valence-electron chi connectivity index (χ3n) is 3.88. The number of hydrogen-bond donors (Lipinski definition) is 2. The van der Waals surface area contributed by atoms with E-state index in [1.165, 1.54) is 70.6 Å². The summed E-state index contributed by atoms with van der Waals surface area (Å²) < 4.78 is 44.7. The van der Waals surface area contributed by atoms with Crippen molar-refractivity contribution >= 4 is 7.25 Å². The fourth-order valence-corrected chi connectivity index (χ4v) is 2.66. The summed E-state index contributed by atoms with van der Waals surface area (Å²) in [5, 5.41) is 3.40. The van der Waals surface area contributed by atoms with Gasteiger partial charge >= 0.3 is 7.25 Å². The number of rotatable bonds is 11. The van der Waals surface area contributed by atoms with Gasteiger partial charge in [-0.1, -0.05) is 71.1 Å². The van der Waals surface area contributed by atoms with Crippen molar-refractivity contribution in [3.8, 4) is 0 Å². The number of morpholine rings is 1. The molecule has 1 heterocycles. The number of nitrogens with one attached hydrogen (secondary N) is 1. The minimum Gasteiger partial charge on any atom is -0.418 e. The fraction of sp³-hybridized carbons (Fsp3) is 1.00. The Labute approximate surface area is 145 Å². The zero-order valence-corrected chi connectivity index (χ0v) is 15.5. The van der Waals surface area contributed by atoms with Crippen LogP contribution in [0.25, 0.3) is 0 Å². The van der Waals surface area contributed by atoms with Gasteiger partial charge in [-0.25, -0.2) is 0 Å². The third-order valence-corrected chi connectivity index (χ3v) is 3.88. The fourth-order valence-electron chi connectivity index (χ4n) is 2.66. The molecule has 0 amide bonds. The first kappa shape index (κ1) is 25.9. The maximum Gasteiger partial charge on any atom is 0.673 e. The lowest BCUT2D eigenvalue weighted by Crippen LogP contribution is -2.38. The van der Waals surface area contributed by atoms with Crippen LogP contribution >= 0.6 is 0 Å². The molecule has 0 aromatic heterocycles. The Balaban J connectivity index is 0. The van der Waals surface area contributed by atoms with Crippen LogP contribution in [-0.4, -0.2) is 33.1 Å². The molecule has 8 heteroatoms. The Hall–Kier alpha value is -0.335. The summed E-state index contributed by atoms with van der Waals surface area (Å²) in [7, 11) is -6.00. The monoisotopic (exact) mass is 360 g/mol. The summed E-state index contributed by atoms with van der Waals surface area (Å²) in [5.74, 6) is 0. The van der Waals surface area contributed by atoms with Gasteiger partial charge in [0.2, 0.25) is 0 Å². The highest BCUT2D eigenvalue weighted by Crippen LogP contribution is 2.13. The summed E-state index contributed by atoms with van der Waals surface area (Å²) in [6.07, 6.45) is 15.9. The van der Waals surface area contributed by atoms with Gasteiger partial charge in [0.15, 0.2) is 0 Å². The molecule has 1 atom stereocenters. The van der Waals surface area contributed by atoms with Crippen LogP contribution in [0.5, 0.6) is 0 Å². The van der Waals surface area contributed by atoms with Crippen molar-refractivity contribution in [1.29, 1.82) is 0 Å². The van der Waals surface area contributed by atoms with Crippen LogP contribution in [0.15, 0.2) is 0 Å². The summed E-state index contributed by atoms with van der Waals surface area (Å²) >= 11 is 0. The van der Waals surface area contributed by atoms with E-state index in [1.54, 1.807) is 0 Å². The van der Waals surface area contributed by atoms with E-state index in [0.29, 0.717) is 6.10 Å². The van der Waals surface area contributed by atoms with Crippen LogP contribution in [0.3, 0.4) is 0 Å². The van der Waals surface area contributed by atoms with Gasteiger partial charge in [0.1, 0.15) is 0 Å². The molecular weight excluding hydrogens is 323 g/mol. The van der Waals surface area contributed by atoms with Crippen molar-refractivity contribution in [3.05, 3.63) is 0 Å². The van der Waals surface area contributed by atoms with Crippen LogP contribution in [-0.2, 0) is 4.74 Å². The Kier molecular flexibility index (Phi) is 18.9. The van der Waals surface area contributed by atoms with E-state index < -0.39 is 7.25 Å². The topological polar surface area (TPSA) is 57.8 Å². The van der Waals surface area contributed by atoms with Crippen molar-refractivity contribution in [2.75, 3.05) is 19.7 Å². The van der Waals surface area contributed by atoms with Crippen molar-refractivity contribution in [1.82, 2.24) is 11.5 Å². The van der Waals surface area contributed by atoms with Crippen LogP contribution in [0.4, 0.5) is 17.3 Å². The second-order valence-corrected chi connectivity index (χ2v) is 6.16. The van der Waals surface area contributed by atoms with Gasteiger partial charge in [-0.05, 0) is 6.42 Å². The summed E-state index contributed by atoms with van der Waals surface area (Å²) in [6.45, 7) is 5.29. The van der Waals surface area contributed by atoms with Crippen molar-refractivity contribution < 1.29 is 22.0 Å². The minimum atomic E-state index is -6.00. The molecule has 0 aromatic carbocycles. The molecule has 0 saturated carbocycles. The number of halogens is 4. The van der Waals surface area contributed by atoms with Gasteiger partial charge in [-0.3, -0.25) is 0 Å². The van der Waals surface area contributed by atoms with Crippen LogP contribution in [0, 0.1) is 0 Å². The Morgan fingerprint density at radius 3 is 1.75 bits per heavy atom. The lowest BCUT2D eigenvalue weighted by molar-refractivity contribution is 0.0220. The molecular formula is C16H37BF4N2O. The van der Waals surface area contributed by atoms with Gasteiger partial charge in [-0.15, -0.1) is 0 Å². The maximum atomic E-state index is 9.75. The average molecular weight is 360 g/mol. The predicted octanol–water partition coefficient (Wildman–Crippen LogP) is 5.96. The highest BCUT2D eigenvalue weighted by Gasteiger charge is 2.20. The van der Waals surface area contributed by atoms with Crippen LogP contribution in [0.2, 0.25) is 0 Å². The normalized spacial score (nSPS) is 17.6. The van der Waals surface area contributed by atoms with Gasteiger partial charge < -0.3 is 33.5 Å². The molecule has 5 N–H and O–H groups in total. The number of quaternary nitrogens is 1. The van der Waals surface area contributed by atoms with Crippen molar-refractivity contribution in [2.24, 2.45) is 0 Å². The second-order valence-electron chi connectivity index (χ2n) is 6.16. The molecule has 0 radical (unpaired) electrons. The number of ether oxygens (including phenoxy) is 1. The largest absolute Gasteiger partial charge is 0.673 e. The molecule has 0 bridgehead atoms. The Morgan fingerprint density at radius 2 is 1.33 bits per heavy atom. The summed E-state index contributed by atoms with van der Waals surface area (Å²) in [4.78, 5) is 0. The highest BCUT2D eigenvalue weighted by atomic mass is 19.5. The molecule has 1 unspecified atom stereocenters. The lowest BCUT2D eigenvalue weighted by atomic mass is 10.0. The maximum absolute atomic E-state index is 9.75. The second kappa shape index (κ2) is 17.5. The highest BCUT2D eigenvalue weighted by molar-refractivity contribution is 6.50. The van der Waals surface area contributed by atoms with E-state index in [1.807, 2.05) is 0 Å². The van der Waals surface area contributed by atoms with Crippen LogP contribution < -0.4 is 11.5 Å². The van der Waals surface area contributed by atoms with Gasteiger partial charge in [0.05, 0.1) is 12.7 Å².